The summed E-state index contributed by atoms with van der Waals surface area (Å²) in [6, 6.07) is 11.7. The van der Waals surface area contributed by atoms with E-state index in [0.29, 0.717) is 0 Å². The zero-order valence-electron chi connectivity index (χ0n) is 11.9. The van der Waals surface area contributed by atoms with Gasteiger partial charge in [0.05, 0.1) is 0 Å². The van der Waals surface area contributed by atoms with Crippen molar-refractivity contribution < 1.29 is 0 Å². The lowest BCUT2D eigenvalue weighted by Gasteiger charge is -2.33. The Kier molecular flexibility index (Phi) is 5.25. The van der Waals surface area contributed by atoms with Gasteiger partial charge in [-0.3, -0.25) is 0 Å². The van der Waals surface area contributed by atoms with E-state index in [2.05, 4.69) is 49.2 Å². The molecule has 0 radical (unpaired) electrons. The Labute approximate surface area is 112 Å². The van der Waals surface area contributed by atoms with Gasteiger partial charge in [-0.15, -0.1) is 0 Å². The van der Waals surface area contributed by atoms with E-state index in [-0.39, 0.29) is 0 Å². The maximum atomic E-state index is 2.60. The highest BCUT2D eigenvalue weighted by Crippen LogP contribution is 2.22. The molecule has 1 aromatic rings. The molecule has 1 heteroatoms. The second-order valence-electron chi connectivity index (χ2n) is 6.03. The first kappa shape index (κ1) is 13.6. The average Bonchev–Trinajstić information content (AvgIpc) is 2.40. The molecule has 0 heterocycles. The van der Waals surface area contributed by atoms with Crippen LogP contribution in [0.25, 0.3) is 0 Å². The first-order valence-electron chi connectivity index (χ1n) is 7.50. The summed E-state index contributed by atoms with van der Waals surface area (Å²) >= 11 is 0. The first-order chi connectivity index (χ1) is 8.75. The molecule has 1 fully saturated rings. The monoisotopic (exact) mass is 245 g/mol. The van der Waals surface area contributed by atoms with E-state index in [0.717, 1.165) is 12.0 Å². The van der Waals surface area contributed by atoms with Crippen molar-refractivity contribution in [3.63, 3.8) is 0 Å². The fourth-order valence-corrected chi connectivity index (χ4v) is 3.24. The molecule has 0 aliphatic heterocycles. The standard InChI is InChI=1S/C17H27N/c1-15(13-16-9-5-3-6-10-16)14-18(2)17-11-7-4-8-12-17/h3,5-6,9-10,15,17H,4,7-8,11-14H2,1-2H3. The summed E-state index contributed by atoms with van der Waals surface area (Å²) in [5, 5.41) is 0. The normalized spacial score (nSPS) is 19.1. The number of nitrogens with zero attached hydrogens (tertiary/aromatic N) is 1. The van der Waals surface area contributed by atoms with Crippen molar-refractivity contribution in [2.45, 2.75) is 51.5 Å². The summed E-state index contributed by atoms with van der Waals surface area (Å²) in [5.41, 5.74) is 1.47. The quantitative estimate of drug-likeness (QED) is 0.754. The SMILES string of the molecule is CC(Cc1ccccc1)CN(C)C1CCCCC1. The van der Waals surface area contributed by atoms with Crippen LogP contribution >= 0.6 is 0 Å². The molecule has 0 N–H and O–H groups in total. The summed E-state index contributed by atoms with van der Waals surface area (Å²) in [6.07, 6.45) is 8.34. The van der Waals surface area contributed by atoms with Gasteiger partial charge in [-0.1, -0.05) is 56.5 Å². The second-order valence-corrected chi connectivity index (χ2v) is 6.03. The van der Waals surface area contributed by atoms with E-state index in [1.165, 1.54) is 50.6 Å². The Hall–Kier alpha value is -0.820. The molecule has 1 nitrogen and oxygen atoms in total. The van der Waals surface area contributed by atoms with Gasteiger partial charge >= 0.3 is 0 Å². The van der Waals surface area contributed by atoms with Crippen LogP contribution in [0, 0.1) is 5.92 Å². The lowest BCUT2D eigenvalue weighted by molar-refractivity contribution is 0.170. The van der Waals surface area contributed by atoms with E-state index < -0.39 is 0 Å². The maximum absolute atomic E-state index is 2.60. The molecule has 1 aromatic carbocycles. The van der Waals surface area contributed by atoms with Crippen LogP contribution in [0.15, 0.2) is 30.3 Å². The molecule has 18 heavy (non-hydrogen) atoms. The van der Waals surface area contributed by atoms with Crippen LogP contribution in [-0.4, -0.2) is 24.5 Å². The summed E-state index contributed by atoms with van der Waals surface area (Å²) < 4.78 is 0. The van der Waals surface area contributed by atoms with Gasteiger partial charge in [-0.05, 0) is 37.8 Å². The Morgan fingerprint density at radius 1 is 1.11 bits per heavy atom. The predicted octanol–water partition coefficient (Wildman–Crippen LogP) is 4.13. The molecule has 1 aliphatic carbocycles. The van der Waals surface area contributed by atoms with Gasteiger partial charge in [-0.2, -0.15) is 0 Å². The Morgan fingerprint density at radius 2 is 1.78 bits per heavy atom. The molecule has 0 bridgehead atoms. The van der Waals surface area contributed by atoms with Crippen LogP contribution in [0.3, 0.4) is 0 Å². The van der Waals surface area contributed by atoms with Crippen molar-refractivity contribution in [3.05, 3.63) is 35.9 Å². The third-order valence-electron chi connectivity index (χ3n) is 4.22. The highest BCUT2D eigenvalue weighted by Gasteiger charge is 2.19. The molecule has 1 saturated carbocycles. The van der Waals surface area contributed by atoms with Gasteiger partial charge in [0.15, 0.2) is 0 Å². The van der Waals surface area contributed by atoms with E-state index in [1.807, 2.05) is 0 Å². The summed E-state index contributed by atoms with van der Waals surface area (Å²) in [7, 11) is 2.32. The minimum absolute atomic E-state index is 0.749. The van der Waals surface area contributed by atoms with Crippen molar-refractivity contribution in [2.75, 3.05) is 13.6 Å². The molecule has 1 aliphatic rings. The van der Waals surface area contributed by atoms with E-state index in [4.69, 9.17) is 0 Å². The highest BCUT2D eigenvalue weighted by atomic mass is 15.1. The van der Waals surface area contributed by atoms with E-state index >= 15 is 0 Å². The topological polar surface area (TPSA) is 3.24 Å². The minimum atomic E-state index is 0.749. The molecule has 1 unspecified atom stereocenters. The second kappa shape index (κ2) is 6.94. The molecular formula is C17H27N. The zero-order chi connectivity index (χ0) is 12.8. The lowest BCUT2D eigenvalue weighted by Crippen LogP contribution is -2.36. The number of hydrogen-bond donors (Lipinski definition) is 0. The van der Waals surface area contributed by atoms with Gasteiger partial charge in [0.25, 0.3) is 0 Å². The fraction of sp³-hybridized carbons (Fsp3) is 0.647. The average molecular weight is 245 g/mol. The minimum Gasteiger partial charge on any atom is -0.303 e. The third kappa shape index (κ3) is 4.13. The number of benzene rings is 1. The number of rotatable bonds is 5. The Bertz CT molecular complexity index is 327. The van der Waals surface area contributed by atoms with Crippen molar-refractivity contribution in [1.29, 1.82) is 0 Å². The lowest BCUT2D eigenvalue weighted by atomic mass is 9.93. The summed E-state index contributed by atoms with van der Waals surface area (Å²) in [6.45, 7) is 3.62. The predicted molar refractivity (Wildman–Crippen MR) is 78.8 cm³/mol. The Balaban J connectivity index is 1.77. The van der Waals surface area contributed by atoms with E-state index in [9.17, 15) is 0 Å². The molecule has 0 spiro atoms. The van der Waals surface area contributed by atoms with Crippen molar-refractivity contribution in [3.8, 4) is 0 Å². The fourth-order valence-electron chi connectivity index (χ4n) is 3.24. The summed E-state index contributed by atoms with van der Waals surface area (Å²) in [4.78, 5) is 2.60. The van der Waals surface area contributed by atoms with Gasteiger partial charge in [-0.25, -0.2) is 0 Å². The zero-order valence-corrected chi connectivity index (χ0v) is 11.9. The van der Waals surface area contributed by atoms with Crippen LogP contribution in [0.2, 0.25) is 0 Å². The van der Waals surface area contributed by atoms with Crippen molar-refractivity contribution in [2.24, 2.45) is 5.92 Å². The van der Waals surface area contributed by atoms with Crippen LogP contribution in [0.1, 0.15) is 44.6 Å². The van der Waals surface area contributed by atoms with Crippen LogP contribution in [0.4, 0.5) is 0 Å². The maximum Gasteiger partial charge on any atom is 0.00923 e. The molecule has 100 valence electrons. The van der Waals surface area contributed by atoms with Crippen molar-refractivity contribution >= 4 is 0 Å². The molecular weight excluding hydrogens is 218 g/mol. The van der Waals surface area contributed by atoms with Gasteiger partial charge < -0.3 is 4.90 Å². The number of hydrogen-bond acceptors (Lipinski definition) is 1. The molecule has 1 atom stereocenters. The van der Waals surface area contributed by atoms with Crippen LogP contribution < -0.4 is 0 Å². The molecule has 2 rings (SSSR count). The van der Waals surface area contributed by atoms with Gasteiger partial charge in [0, 0.05) is 12.6 Å². The Morgan fingerprint density at radius 3 is 2.44 bits per heavy atom. The van der Waals surface area contributed by atoms with Crippen LogP contribution in [0.5, 0.6) is 0 Å². The molecule has 0 saturated heterocycles. The molecule has 0 aromatic heterocycles. The summed E-state index contributed by atoms with van der Waals surface area (Å²) in [5.74, 6) is 0.749. The smallest absolute Gasteiger partial charge is 0.00923 e. The molecule has 0 amide bonds. The van der Waals surface area contributed by atoms with Gasteiger partial charge in [0.1, 0.15) is 0 Å². The van der Waals surface area contributed by atoms with Crippen LogP contribution in [-0.2, 0) is 6.42 Å². The van der Waals surface area contributed by atoms with E-state index in [1.54, 1.807) is 0 Å². The highest BCUT2D eigenvalue weighted by molar-refractivity contribution is 5.15. The third-order valence-corrected chi connectivity index (χ3v) is 4.22. The van der Waals surface area contributed by atoms with Gasteiger partial charge in [0.2, 0.25) is 0 Å². The largest absolute Gasteiger partial charge is 0.303 e. The van der Waals surface area contributed by atoms with Crippen molar-refractivity contribution in [1.82, 2.24) is 4.90 Å². The first-order valence-corrected chi connectivity index (χ1v) is 7.50.